The van der Waals surface area contributed by atoms with Crippen LogP contribution in [0.5, 0.6) is 0 Å². The van der Waals surface area contributed by atoms with E-state index >= 15 is 0 Å². The monoisotopic (exact) mass is 296 g/mol. The molecule has 106 valence electrons. The summed E-state index contributed by atoms with van der Waals surface area (Å²) in [5, 5.41) is 22.5. The number of aliphatic hydroxyl groups excluding tert-OH is 1. The molecule has 1 aromatic rings. The first kappa shape index (κ1) is 14.4. The molecule has 0 fully saturated rings. The van der Waals surface area contributed by atoms with Gasteiger partial charge in [0.15, 0.2) is 6.10 Å². The lowest BCUT2D eigenvalue weighted by molar-refractivity contribution is -0.146. The van der Waals surface area contributed by atoms with Gasteiger partial charge in [0.1, 0.15) is 0 Å². The number of carbonyl (C=O) groups excluding carboxylic acids is 2. The van der Waals surface area contributed by atoms with Crippen LogP contribution in [0.15, 0.2) is 23.1 Å². The lowest BCUT2D eigenvalue weighted by Crippen LogP contribution is -2.36. The van der Waals surface area contributed by atoms with Crippen molar-refractivity contribution in [3.05, 3.63) is 23.8 Å². The molecule has 0 aliphatic carbocycles. The van der Waals surface area contributed by atoms with E-state index in [9.17, 15) is 14.4 Å². The van der Waals surface area contributed by atoms with Crippen LogP contribution in [0.1, 0.15) is 10.4 Å². The lowest BCUT2D eigenvalue weighted by Gasteiger charge is -2.17. The molecular weight excluding hydrogens is 284 g/mol. The molecule has 1 aromatic carbocycles. The number of thioether (sulfide) groups is 1. The highest BCUT2D eigenvalue weighted by Gasteiger charge is 2.18. The molecule has 0 aromatic heterocycles. The first-order valence-corrected chi connectivity index (χ1v) is 6.71. The molecule has 0 spiro atoms. The van der Waals surface area contributed by atoms with Crippen molar-refractivity contribution < 1.29 is 24.6 Å². The van der Waals surface area contributed by atoms with Crippen LogP contribution >= 0.6 is 11.8 Å². The molecule has 8 heteroatoms. The van der Waals surface area contributed by atoms with E-state index in [4.69, 9.17) is 10.2 Å². The van der Waals surface area contributed by atoms with Crippen LogP contribution in [0, 0.1) is 0 Å². The van der Waals surface area contributed by atoms with E-state index in [0.717, 1.165) is 4.90 Å². The molecule has 20 heavy (non-hydrogen) atoms. The van der Waals surface area contributed by atoms with Gasteiger partial charge in [-0.2, -0.15) is 0 Å². The molecule has 1 aliphatic heterocycles. The van der Waals surface area contributed by atoms with E-state index in [-0.39, 0.29) is 18.0 Å². The van der Waals surface area contributed by atoms with Crippen molar-refractivity contribution in [3.8, 4) is 0 Å². The number of carboxylic acids is 1. The molecule has 0 saturated heterocycles. The minimum Gasteiger partial charge on any atom is -0.479 e. The highest BCUT2D eigenvalue weighted by atomic mass is 32.2. The van der Waals surface area contributed by atoms with Crippen molar-refractivity contribution in [2.75, 3.05) is 17.6 Å². The summed E-state index contributed by atoms with van der Waals surface area (Å²) in [5.41, 5.74) is 0.835. The molecule has 2 rings (SSSR count). The van der Waals surface area contributed by atoms with Crippen LogP contribution in [0.3, 0.4) is 0 Å². The lowest BCUT2D eigenvalue weighted by atomic mass is 10.1. The van der Waals surface area contributed by atoms with E-state index in [0.29, 0.717) is 11.4 Å². The maximum absolute atomic E-state index is 11.8. The largest absolute Gasteiger partial charge is 0.479 e. The van der Waals surface area contributed by atoms with Gasteiger partial charge in [0, 0.05) is 10.5 Å². The van der Waals surface area contributed by atoms with Crippen molar-refractivity contribution >= 4 is 35.2 Å². The zero-order valence-corrected chi connectivity index (χ0v) is 11.1. The number of rotatable bonds is 4. The zero-order chi connectivity index (χ0) is 14.7. The van der Waals surface area contributed by atoms with Crippen molar-refractivity contribution in [2.24, 2.45) is 0 Å². The predicted octanol–water partition coefficient (Wildman–Crippen LogP) is -0.0939. The molecule has 7 nitrogen and oxygen atoms in total. The fourth-order valence-electron chi connectivity index (χ4n) is 1.60. The summed E-state index contributed by atoms with van der Waals surface area (Å²) in [7, 11) is 0. The second-order valence-corrected chi connectivity index (χ2v) is 5.13. The molecular formula is C12H12N2O5S. The van der Waals surface area contributed by atoms with Crippen molar-refractivity contribution in [1.29, 1.82) is 0 Å². The number of fused-ring (bicyclic) bond motifs is 1. The van der Waals surface area contributed by atoms with E-state index in [1.807, 2.05) is 0 Å². The van der Waals surface area contributed by atoms with Gasteiger partial charge in [-0.05, 0) is 18.2 Å². The average molecular weight is 296 g/mol. The van der Waals surface area contributed by atoms with Gasteiger partial charge in [0.25, 0.3) is 5.91 Å². The van der Waals surface area contributed by atoms with Gasteiger partial charge in [0.05, 0.1) is 18.0 Å². The van der Waals surface area contributed by atoms with Crippen LogP contribution < -0.4 is 10.6 Å². The summed E-state index contributed by atoms with van der Waals surface area (Å²) in [6.07, 6.45) is -1.65. The minimum absolute atomic E-state index is 0.138. The zero-order valence-electron chi connectivity index (χ0n) is 10.3. The standard InChI is InChI=1S/C12H12N2O5S/c15-8(12(18)19)4-13-11(17)6-1-2-9-7(3-6)14-10(16)5-20-9/h1-3,8,15H,4-5H2,(H,13,17)(H,14,16)(H,18,19)/t8-/m0/s1. The maximum Gasteiger partial charge on any atom is 0.334 e. The second-order valence-electron chi connectivity index (χ2n) is 4.11. The summed E-state index contributed by atoms with van der Waals surface area (Å²) in [6.45, 7) is -0.383. The van der Waals surface area contributed by atoms with Crippen LogP contribution in [0.4, 0.5) is 5.69 Å². The first-order chi connectivity index (χ1) is 9.47. The molecule has 0 unspecified atom stereocenters. The van der Waals surface area contributed by atoms with Crippen molar-refractivity contribution in [3.63, 3.8) is 0 Å². The van der Waals surface area contributed by atoms with E-state index in [1.165, 1.54) is 17.8 Å². The quantitative estimate of drug-likeness (QED) is 0.617. The Bertz CT molecular complexity index is 575. The van der Waals surface area contributed by atoms with E-state index in [1.54, 1.807) is 12.1 Å². The maximum atomic E-state index is 11.8. The van der Waals surface area contributed by atoms with Crippen LogP contribution in [0.2, 0.25) is 0 Å². The Morgan fingerprint density at radius 1 is 1.45 bits per heavy atom. The van der Waals surface area contributed by atoms with Crippen LogP contribution in [-0.4, -0.2) is 46.4 Å². The van der Waals surface area contributed by atoms with Gasteiger partial charge in [-0.25, -0.2) is 4.79 Å². The van der Waals surface area contributed by atoms with Crippen LogP contribution in [0.25, 0.3) is 0 Å². The Hall–Kier alpha value is -2.06. The van der Waals surface area contributed by atoms with Crippen molar-refractivity contribution in [2.45, 2.75) is 11.0 Å². The molecule has 1 heterocycles. The summed E-state index contributed by atoms with van der Waals surface area (Å²) in [4.78, 5) is 34.4. The van der Waals surface area contributed by atoms with Crippen LogP contribution in [-0.2, 0) is 9.59 Å². The Labute approximate surface area is 118 Å². The number of aliphatic carboxylic acids is 1. The fraction of sp³-hybridized carbons (Fsp3) is 0.250. The number of hydrogen-bond donors (Lipinski definition) is 4. The average Bonchev–Trinajstić information content (AvgIpc) is 2.43. The SMILES string of the molecule is O=C1CSc2ccc(C(=O)NC[C@H](O)C(=O)O)cc2N1. The van der Waals surface area contributed by atoms with Gasteiger partial charge in [-0.1, -0.05) is 0 Å². The van der Waals surface area contributed by atoms with E-state index in [2.05, 4.69) is 10.6 Å². The number of hydrogen-bond acceptors (Lipinski definition) is 5. The molecule has 4 N–H and O–H groups in total. The van der Waals surface area contributed by atoms with Gasteiger partial charge in [0.2, 0.25) is 5.91 Å². The van der Waals surface area contributed by atoms with E-state index < -0.39 is 18.0 Å². The Kier molecular flexibility index (Phi) is 4.26. The Morgan fingerprint density at radius 2 is 2.20 bits per heavy atom. The fourth-order valence-corrected chi connectivity index (χ4v) is 2.39. The topological polar surface area (TPSA) is 116 Å². The number of benzene rings is 1. The normalized spacial score (nSPS) is 14.9. The Morgan fingerprint density at radius 3 is 2.90 bits per heavy atom. The number of anilines is 1. The van der Waals surface area contributed by atoms with Gasteiger partial charge in [-0.3, -0.25) is 9.59 Å². The highest BCUT2D eigenvalue weighted by Crippen LogP contribution is 2.31. The van der Waals surface area contributed by atoms with Crippen molar-refractivity contribution in [1.82, 2.24) is 5.32 Å². The third kappa shape index (κ3) is 3.28. The summed E-state index contributed by atoms with van der Waals surface area (Å²) in [6, 6.07) is 4.80. The van der Waals surface area contributed by atoms with Gasteiger partial charge < -0.3 is 20.8 Å². The molecule has 1 aliphatic rings. The number of aliphatic hydroxyl groups is 1. The highest BCUT2D eigenvalue weighted by molar-refractivity contribution is 8.00. The van der Waals surface area contributed by atoms with Gasteiger partial charge in [-0.15, -0.1) is 11.8 Å². The number of amides is 2. The third-order valence-corrected chi connectivity index (χ3v) is 3.69. The number of nitrogens with one attached hydrogen (secondary N) is 2. The van der Waals surface area contributed by atoms with Gasteiger partial charge >= 0.3 is 5.97 Å². The summed E-state index contributed by atoms with van der Waals surface area (Å²) >= 11 is 1.38. The first-order valence-electron chi connectivity index (χ1n) is 5.73. The molecule has 0 bridgehead atoms. The predicted molar refractivity (Wildman–Crippen MR) is 71.8 cm³/mol. The molecule has 1 atom stereocenters. The molecule has 0 radical (unpaired) electrons. The summed E-state index contributed by atoms with van der Waals surface area (Å²) < 4.78 is 0. The summed E-state index contributed by atoms with van der Waals surface area (Å²) in [5.74, 6) is -1.72. The molecule has 2 amide bonds. The third-order valence-electron chi connectivity index (χ3n) is 2.62. The second kappa shape index (κ2) is 5.93. The smallest absolute Gasteiger partial charge is 0.334 e. The number of carbonyl (C=O) groups is 3. The molecule has 0 saturated carbocycles. The number of carboxylic acid groups (broad SMARTS) is 1. The Balaban J connectivity index is 2.05. The minimum atomic E-state index is -1.65.